The highest BCUT2D eigenvalue weighted by Gasteiger charge is 2.39. The molecule has 0 unspecified atom stereocenters. The molecule has 9 nitrogen and oxygen atoms in total. The van der Waals surface area contributed by atoms with E-state index in [4.69, 9.17) is 24.5 Å². The van der Waals surface area contributed by atoms with Crippen molar-refractivity contribution in [2.75, 3.05) is 13.1 Å². The van der Waals surface area contributed by atoms with Gasteiger partial charge in [-0.25, -0.2) is 9.59 Å². The van der Waals surface area contributed by atoms with E-state index in [2.05, 4.69) is 15.0 Å². The van der Waals surface area contributed by atoms with Crippen LogP contribution < -0.4 is 4.74 Å². The van der Waals surface area contributed by atoms with Crippen molar-refractivity contribution in [3.8, 4) is 5.75 Å². The van der Waals surface area contributed by atoms with E-state index < -0.39 is 24.3 Å². The molecule has 2 N–H and O–H groups in total. The van der Waals surface area contributed by atoms with Crippen LogP contribution in [0, 0.1) is 5.92 Å². The van der Waals surface area contributed by atoms with Crippen molar-refractivity contribution in [3.63, 3.8) is 0 Å². The monoisotopic (exact) mass is 526 g/mol. The Bertz CT molecular complexity index is 998. The third-order valence-corrected chi connectivity index (χ3v) is 5.11. The predicted octanol–water partition coefficient (Wildman–Crippen LogP) is 3.43. The minimum Gasteiger partial charge on any atom is -0.486 e. The Kier molecular flexibility index (Phi) is 9.67. The van der Waals surface area contributed by atoms with E-state index in [0.29, 0.717) is 6.61 Å². The number of carboxylic acids is 2. The first-order valence-corrected chi connectivity index (χ1v) is 10.6. The van der Waals surface area contributed by atoms with Gasteiger partial charge in [-0.2, -0.15) is 31.4 Å². The van der Waals surface area contributed by atoms with Gasteiger partial charge in [-0.3, -0.25) is 14.6 Å². The molecular weight excluding hydrogens is 502 g/mol. The van der Waals surface area contributed by atoms with Crippen LogP contribution in [0.1, 0.15) is 29.8 Å². The molecule has 0 bridgehead atoms. The van der Waals surface area contributed by atoms with Gasteiger partial charge in [-0.15, -0.1) is 0 Å². The number of fused-ring (bicyclic) bond motifs is 1. The highest BCUT2D eigenvalue weighted by atomic mass is 19.4. The molecule has 0 spiro atoms. The maximum Gasteiger partial charge on any atom is 0.490 e. The van der Waals surface area contributed by atoms with Gasteiger partial charge in [0, 0.05) is 50.6 Å². The van der Waals surface area contributed by atoms with E-state index >= 15 is 0 Å². The van der Waals surface area contributed by atoms with Crippen LogP contribution in [0.25, 0.3) is 0 Å². The van der Waals surface area contributed by atoms with Gasteiger partial charge in [0.1, 0.15) is 18.1 Å². The SMILES string of the molecule is Cn1nc(COc2cccnc2)c2c1CCN(CC1CC1)C2.O=C(O)C(F)(F)F.O=C(O)C(F)(F)F. The van der Waals surface area contributed by atoms with Gasteiger partial charge >= 0.3 is 24.3 Å². The number of rotatable bonds is 5. The zero-order chi connectivity index (χ0) is 27.1. The van der Waals surface area contributed by atoms with Gasteiger partial charge < -0.3 is 14.9 Å². The molecule has 0 radical (unpaired) electrons. The largest absolute Gasteiger partial charge is 0.490 e. The molecule has 2 aromatic heterocycles. The summed E-state index contributed by atoms with van der Waals surface area (Å²) in [5, 5.41) is 18.9. The summed E-state index contributed by atoms with van der Waals surface area (Å²) in [4.78, 5) is 24.5. The lowest BCUT2D eigenvalue weighted by Gasteiger charge is -2.27. The Hall–Kier alpha value is -3.36. The number of hydrogen-bond acceptors (Lipinski definition) is 6. The van der Waals surface area contributed by atoms with Crippen LogP contribution in [0.15, 0.2) is 24.5 Å². The quantitative estimate of drug-likeness (QED) is 0.570. The second kappa shape index (κ2) is 12.1. The number of aryl methyl sites for hydroxylation is 1. The Labute approximate surface area is 201 Å². The molecule has 0 aromatic carbocycles. The number of nitrogens with zero attached hydrogens (tertiary/aromatic N) is 4. The minimum absolute atomic E-state index is 0.520. The smallest absolute Gasteiger partial charge is 0.486 e. The fourth-order valence-electron chi connectivity index (χ4n) is 3.25. The molecule has 15 heteroatoms. The maximum atomic E-state index is 10.6. The van der Waals surface area contributed by atoms with E-state index in [1.54, 1.807) is 12.4 Å². The molecule has 1 fully saturated rings. The molecule has 200 valence electrons. The lowest BCUT2D eigenvalue weighted by molar-refractivity contribution is -0.193. The number of aromatic nitrogens is 3. The molecule has 1 aliphatic carbocycles. The number of carbonyl (C=O) groups is 2. The van der Waals surface area contributed by atoms with Gasteiger partial charge in [0.05, 0.1) is 6.20 Å². The average molecular weight is 526 g/mol. The zero-order valence-corrected chi connectivity index (χ0v) is 19.0. The Morgan fingerprint density at radius 1 is 1.11 bits per heavy atom. The van der Waals surface area contributed by atoms with Crippen LogP contribution in [0.2, 0.25) is 0 Å². The Morgan fingerprint density at radius 3 is 2.17 bits per heavy atom. The normalized spacial score (nSPS) is 15.5. The van der Waals surface area contributed by atoms with Crippen molar-refractivity contribution in [1.82, 2.24) is 19.7 Å². The molecule has 0 atom stereocenters. The van der Waals surface area contributed by atoms with Crippen molar-refractivity contribution in [1.29, 1.82) is 0 Å². The van der Waals surface area contributed by atoms with E-state index in [1.165, 1.54) is 30.6 Å². The lowest BCUT2D eigenvalue weighted by atomic mass is 10.0. The number of alkyl halides is 6. The van der Waals surface area contributed by atoms with Gasteiger partial charge in [-0.05, 0) is 30.9 Å². The number of hydrogen-bond donors (Lipinski definition) is 2. The molecule has 36 heavy (non-hydrogen) atoms. The molecule has 4 rings (SSSR count). The summed E-state index contributed by atoms with van der Waals surface area (Å²) < 4.78 is 71.3. The first kappa shape index (κ1) is 28.9. The van der Waals surface area contributed by atoms with Crippen LogP contribution in [0.3, 0.4) is 0 Å². The molecule has 2 aliphatic rings. The van der Waals surface area contributed by atoms with Crippen LogP contribution in [0.4, 0.5) is 26.3 Å². The number of aliphatic carboxylic acids is 2. The molecular formula is C21H24F6N4O5. The fourth-order valence-corrected chi connectivity index (χ4v) is 3.25. The summed E-state index contributed by atoms with van der Waals surface area (Å²) in [7, 11) is 2.04. The predicted molar refractivity (Wildman–Crippen MR) is 111 cm³/mol. The van der Waals surface area contributed by atoms with E-state index in [0.717, 1.165) is 36.9 Å². The molecule has 1 aliphatic heterocycles. The molecule has 0 saturated heterocycles. The van der Waals surface area contributed by atoms with Crippen LogP contribution in [-0.4, -0.2) is 67.3 Å². The highest BCUT2D eigenvalue weighted by Crippen LogP contribution is 2.32. The number of carboxylic acid groups (broad SMARTS) is 2. The summed E-state index contributed by atoms with van der Waals surface area (Å²) in [5.41, 5.74) is 3.82. The van der Waals surface area contributed by atoms with Crippen molar-refractivity contribution in [3.05, 3.63) is 41.5 Å². The average Bonchev–Trinajstić information content (AvgIpc) is 3.55. The zero-order valence-electron chi connectivity index (χ0n) is 19.0. The minimum atomic E-state index is -5.08. The summed E-state index contributed by atoms with van der Waals surface area (Å²) in [6.45, 7) is 3.95. The number of halogens is 6. The first-order valence-electron chi connectivity index (χ1n) is 10.6. The Balaban J connectivity index is 0.000000271. The fraction of sp³-hybridized carbons (Fsp3) is 0.524. The van der Waals surface area contributed by atoms with Crippen molar-refractivity contribution in [2.24, 2.45) is 13.0 Å². The molecule has 0 amide bonds. The lowest BCUT2D eigenvalue weighted by Crippen LogP contribution is -2.32. The summed E-state index contributed by atoms with van der Waals surface area (Å²) in [5.74, 6) is -3.78. The van der Waals surface area contributed by atoms with E-state index in [1.807, 2.05) is 23.9 Å². The van der Waals surface area contributed by atoms with Crippen molar-refractivity contribution >= 4 is 11.9 Å². The second-order valence-electron chi connectivity index (χ2n) is 8.01. The van der Waals surface area contributed by atoms with Crippen LogP contribution in [-0.2, 0) is 36.2 Å². The van der Waals surface area contributed by atoms with Gasteiger partial charge in [0.15, 0.2) is 0 Å². The standard InChI is InChI=1S/C17H22N4O.2C2HF3O2/c1-20-17-6-8-21(10-13-4-5-13)11-15(17)16(19-20)12-22-14-3-2-7-18-9-14;2*3-2(4,5)1(6)7/h2-3,7,9,13H,4-6,8,10-12H2,1H3;2*(H,6,7). The summed E-state index contributed by atoms with van der Waals surface area (Å²) in [6, 6.07) is 3.82. The van der Waals surface area contributed by atoms with E-state index in [-0.39, 0.29) is 0 Å². The van der Waals surface area contributed by atoms with Gasteiger partial charge in [0.25, 0.3) is 0 Å². The third-order valence-electron chi connectivity index (χ3n) is 5.11. The molecule has 1 saturated carbocycles. The van der Waals surface area contributed by atoms with Crippen molar-refractivity contribution < 1.29 is 50.9 Å². The number of ether oxygens (including phenoxy) is 1. The highest BCUT2D eigenvalue weighted by molar-refractivity contribution is 5.73. The third kappa shape index (κ3) is 9.36. The Morgan fingerprint density at radius 2 is 1.69 bits per heavy atom. The van der Waals surface area contributed by atoms with Gasteiger partial charge in [0.2, 0.25) is 0 Å². The van der Waals surface area contributed by atoms with Crippen LogP contribution in [0.5, 0.6) is 5.75 Å². The van der Waals surface area contributed by atoms with Crippen LogP contribution >= 0.6 is 0 Å². The molecule has 2 aromatic rings. The second-order valence-corrected chi connectivity index (χ2v) is 8.01. The topological polar surface area (TPSA) is 118 Å². The van der Waals surface area contributed by atoms with Crippen molar-refractivity contribution in [2.45, 2.75) is 44.8 Å². The number of pyridine rings is 1. The maximum absolute atomic E-state index is 10.6. The summed E-state index contributed by atoms with van der Waals surface area (Å²) in [6.07, 6.45) is -2.75. The van der Waals surface area contributed by atoms with E-state index in [9.17, 15) is 26.3 Å². The van der Waals surface area contributed by atoms with Gasteiger partial charge in [-0.1, -0.05) is 0 Å². The first-order chi connectivity index (χ1) is 16.7. The molecule has 3 heterocycles. The summed E-state index contributed by atoms with van der Waals surface area (Å²) >= 11 is 0.